The third kappa shape index (κ3) is 3.09. The third-order valence-electron chi connectivity index (χ3n) is 3.21. The van der Waals surface area contributed by atoms with Crippen molar-refractivity contribution >= 4 is 5.97 Å². The second-order valence-corrected chi connectivity index (χ2v) is 4.50. The molecule has 2 aromatic carbocycles. The molecule has 20 heavy (non-hydrogen) atoms. The van der Waals surface area contributed by atoms with E-state index in [1.165, 1.54) is 7.11 Å². The first-order chi connectivity index (χ1) is 9.61. The van der Waals surface area contributed by atoms with Crippen LogP contribution in [-0.2, 0) is 11.2 Å². The van der Waals surface area contributed by atoms with Crippen LogP contribution in [0.4, 0.5) is 0 Å². The zero-order chi connectivity index (χ0) is 14.5. The van der Waals surface area contributed by atoms with Gasteiger partial charge in [0.2, 0.25) is 0 Å². The van der Waals surface area contributed by atoms with Gasteiger partial charge < -0.3 is 14.9 Å². The summed E-state index contributed by atoms with van der Waals surface area (Å²) in [7, 11) is 1.54. The van der Waals surface area contributed by atoms with Gasteiger partial charge in [-0.3, -0.25) is 4.79 Å². The molecule has 104 valence electrons. The minimum Gasteiger partial charge on any atom is -0.508 e. The zero-order valence-corrected chi connectivity index (χ0v) is 11.1. The largest absolute Gasteiger partial charge is 0.508 e. The number of para-hydroxylation sites is 1. The lowest BCUT2D eigenvalue weighted by molar-refractivity contribution is -0.138. The van der Waals surface area contributed by atoms with Gasteiger partial charge in [-0.1, -0.05) is 30.3 Å². The van der Waals surface area contributed by atoms with E-state index in [1.54, 1.807) is 48.5 Å². The lowest BCUT2D eigenvalue weighted by atomic mass is 9.91. The number of aliphatic carboxylic acids is 1. The summed E-state index contributed by atoms with van der Waals surface area (Å²) in [5.41, 5.74) is 1.27. The van der Waals surface area contributed by atoms with Crippen molar-refractivity contribution in [3.63, 3.8) is 0 Å². The summed E-state index contributed by atoms with van der Waals surface area (Å²) in [6, 6.07) is 13.8. The highest BCUT2D eigenvalue weighted by Gasteiger charge is 2.22. The van der Waals surface area contributed by atoms with Crippen molar-refractivity contribution in [3.05, 3.63) is 59.7 Å². The number of hydrogen-bond donors (Lipinski definition) is 2. The van der Waals surface area contributed by atoms with Gasteiger partial charge in [0.15, 0.2) is 0 Å². The highest BCUT2D eigenvalue weighted by Crippen LogP contribution is 2.28. The topological polar surface area (TPSA) is 66.8 Å². The van der Waals surface area contributed by atoms with Crippen LogP contribution in [0.25, 0.3) is 0 Å². The molecule has 0 saturated carbocycles. The van der Waals surface area contributed by atoms with E-state index in [-0.39, 0.29) is 12.2 Å². The zero-order valence-electron chi connectivity index (χ0n) is 11.1. The molecule has 0 fully saturated rings. The highest BCUT2D eigenvalue weighted by atomic mass is 16.5. The van der Waals surface area contributed by atoms with E-state index in [4.69, 9.17) is 4.74 Å². The van der Waals surface area contributed by atoms with Crippen molar-refractivity contribution in [2.24, 2.45) is 0 Å². The van der Waals surface area contributed by atoms with Crippen LogP contribution in [0.15, 0.2) is 48.5 Å². The molecule has 2 aromatic rings. The Balaban J connectivity index is 2.32. The van der Waals surface area contributed by atoms with Crippen LogP contribution in [0, 0.1) is 0 Å². The summed E-state index contributed by atoms with van der Waals surface area (Å²) in [4.78, 5) is 11.5. The standard InChI is InChI=1S/C16H16O4/c1-20-13-7-4-6-11(9-13)14(16(18)19)10-12-5-2-3-8-15(12)17/h2-9,14,17H,10H2,1H3,(H,18,19). The van der Waals surface area contributed by atoms with Gasteiger partial charge in [0.1, 0.15) is 11.5 Å². The Labute approximate surface area is 117 Å². The Morgan fingerprint density at radius 3 is 2.60 bits per heavy atom. The van der Waals surface area contributed by atoms with Crippen LogP contribution in [-0.4, -0.2) is 23.3 Å². The molecule has 0 spiro atoms. The van der Waals surface area contributed by atoms with E-state index in [0.717, 1.165) is 0 Å². The molecule has 0 aromatic heterocycles. The van der Waals surface area contributed by atoms with Crippen molar-refractivity contribution in [2.45, 2.75) is 12.3 Å². The molecule has 0 aliphatic rings. The maximum Gasteiger partial charge on any atom is 0.311 e. The van der Waals surface area contributed by atoms with E-state index in [1.807, 2.05) is 0 Å². The molecule has 0 bridgehead atoms. The average molecular weight is 272 g/mol. The molecule has 0 amide bonds. The minimum atomic E-state index is -0.929. The van der Waals surface area contributed by atoms with Gasteiger partial charge in [-0.25, -0.2) is 0 Å². The van der Waals surface area contributed by atoms with Crippen molar-refractivity contribution in [3.8, 4) is 11.5 Å². The molecular weight excluding hydrogens is 256 g/mol. The normalized spacial score (nSPS) is 11.8. The van der Waals surface area contributed by atoms with E-state index < -0.39 is 11.9 Å². The van der Waals surface area contributed by atoms with Crippen LogP contribution in [0.5, 0.6) is 11.5 Å². The lowest BCUT2D eigenvalue weighted by Gasteiger charge is -2.14. The van der Waals surface area contributed by atoms with E-state index in [2.05, 4.69) is 0 Å². The minimum absolute atomic E-state index is 0.113. The number of benzene rings is 2. The summed E-state index contributed by atoms with van der Waals surface area (Å²) in [5, 5.41) is 19.2. The summed E-state index contributed by atoms with van der Waals surface area (Å²) < 4.78 is 5.12. The SMILES string of the molecule is COc1cccc(C(Cc2ccccc2O)C(=O)O)c1. The van der Waals surface area contributed by atoms with Crippen LogP contribution in [0.2, 0.25) is 0 Å². The Morgan fingerprint density at radius 2 is 1.95 bits per heavy atom. The van der Waals surface area contributed by atoms with E-state index in [0.29, 0.717) is 16.9 Å². The number of phenolic OH excluding ortho intramolecular Hbond substituents is 1. The first kappa shape index (κ1) is 13.9. The lowest BCUT2D eigenvalue weighted by Crippen LogP contribution is -2.14. The highest BCUT2D eigenvalue weighted by molar-refractivity contribution is 5.77. The number of phenols is 1. The molecule has 0 heterocycles. The van der Waals surface area contributed by atoms with E-state index in [9.17, 15) is 15.0 Å². The van der Waals surface area contributed by atoms with Crippen molar-refractivity contribution in [2.75, 3.05) is 7.11 Å². The van der Waals surface area contributed by atoms with Gasteiger partial charge in [0.25, 0.3) is 0 Å². The number of carbonyl (C=O) groups is 1. The number of carboxylic acid groups (broad SMARTS) is 1. The molecule has 4 heteroatoms. The maximum absolute atomic E-state index is 11.5. The monoisotopic (exact) mass is 272 g/mol. The third-order valence-corrected chi connectivity index (χ3v) is 3.21. The number of aromatic hydroxyl groups is 1. The summed E-state index contributed by atoms with van der Waals surface area (Å²) in [6.07, 6.45) is 0.231. The van der Waals surface area contributed by atoms with Gasteiger partial charge in [0.05, 0.1) is 13.0 Å². The molecule has 1 unspecified atom stereocenters. The quantitative estimate of drug-likeness (QED) is 0.878. The Bertz CT molecular complexity index is 607. The number of hydrogen-bond acceptors (Lipinski definition) is 3. The molecule has 4 nitrogen and oxygen atoms in total. The molecule has 2 rings (SSSR count). The first-order valence-corrected chi connectivity index (χ1v) is 6.25. The van der Waals surface area contributed by atoms with Gasteiger partial charge in [-0.15, -0.1) is 0 Å². The molecular formula is C16H16O4. The molecule has 1 atom stereocenters. The van der Waals surface area contributed by atoms with Crippen LogP contribution in [0.3, 0.4) is 0 Å². The summed E-state index contributed by atoms with van der Waals surface area (Å²) in [5.74, 6) is -0.924. The summed E-state index contributed by atoms with van der Waals surface area (Å²) >= 11 is 0. The molecule has 0 radical (unpaired) electrons. The second-order valence-electron chi connectivity index (χ2n) is 4.50. The number of carboxylic acids is 1. The van der Waals surface area contributed by atoms with Gasteiger partial charge in [0, 0.05) is 0 Å². The smallest absolute Gasteiger partial charge is 0.311 e. The molecule has 0 saturated heterocycles. The second kappa shape index (κ2) is 6.10. The van der Waals surface area contributed by atoms with E-state index >= 15 is 0 Å². The number of rotatable bonds is 5. The number of ether oxygens (including phenoxy) is 1. The molecule has 2 N–H and O–H groups in total. The Kier molecular flexibility index (Phi) is 4.25. The molecule has 0 aliphatic heterocycles. The Hall–Kier alpha value is -2.49. The number of methoxy groups -OCH3 is 1. The predicted octanol–water partition coefficient (Wildman–Crippen LogP) is 2.81. The predicted molar refractivity (Wildman–Crippen MR) is 75.2 cm³/mol. The average Bonchev–Trinajstić information content (AvgIpc) is 2.46. The van der Waals surface area contributed by atoms with Gasteiger partial charge in [-0.2, -0.15) is 0 Å². The molecule has 0 aliphatic carbocycles. The van der Waals surface area contributed by atoms with Crippen LogP contribution in [0.1, 0.15) is 17.0 Å². The fourth-order valence-corrected chi connectivity index (χ4v) is 2.11. The fourth-order valence-electron chi connectivity index (χ4n) is 2.11. The van der Waals surface area contributed by atoms with Gasteiger partial charge >= 0.3 is 5.97 Å². The fraction of sp³-hybridized carbons (Fsp3) is 0.188. The van der Waals surface area contributed by atoms with Gasteiger partial charge in [-0.05, 0) is 35.7 Å². The van der Waals surface area contributed by atoms with Crippen LogP contribution >= 0.6 is 0 Å². The summed E-state index contributed by atoms with van der Waals surface area (Å²) in [6.45, 7) is 0. The van der Waals surface area contributed by atoms with Crippen molar-refractivity contribution < 1.29 is 19.7 Å². The Morgan fingerprint density at radius 1 is 1.20 bits per heavy atom. The van der Waals surface area contributed by atoms with Crippen molar-refractivity contribution in [1.82, 2.24) is 0 Å². The van der Waals surface area contributed by atoms with Crippen LogP contribution < -0.4 is 4.74 Å². The maximum atomic E-state index is 11.5. The van der Waals surface area contributed by atoms with Crippen molar-refractivity contribution in [1.29, 1.82) is 0 Å². The first-order valence-electron chi connectivity index (χ1n) is 6.25.